The zero-order valence-corrected chi connectivity index (χ0v) is 15.0. The summed E-state index contributed by atoms with van der Waals surface area (Å²) in [4.78, 5) is 13.7. The lowest BCUT2D eigenvalue weighted by Crippen LogP contribution is -2.26. The minimum atomic E-state index is -0.506. The number of rotatable bonds is 6. The number of carbonyl (C=O) groups excluding carboxylic acids is 1. The van der Waals surface area contributed by atoms with E-state index >= 15 is 0 Å². The monoisotopic (exact) mass is 342 g/mol. The molecule has 0 spiro atoms. The van der Waals surface area contributed by atoms with Gasteiger partial charge in [0, 0.05) is 12.1 Å². The van der Waals surface area contributed by atoms with Crippen molar-refractivity contribution in [2.45, 2.75) is 57.4 Å². The van der Waals surface area contributed by atoms with E-state index in [2.05, 4.69) is 17.0 Å². The topological polar surface area (TPSA) is 52.6 Å². The van der Waals surface area contributed by atoms with Gasteiger partial charge in [0.1, 0.15) is 0 Å². The third kappa shape index (κ3) is 5.16. The lowest BCUT2D eigenvalue weighted by molar-refractivity contribution is -0.124. The van der Waals surface area contributed by atoms with E-state index in [0.29, 0.717) is 6.04 Å². The predicted molar refractivity (Wildman–Crippen MR) is 100 cm³/mol. The molecule has 1 unspecified atom stereocenters. The number of hydroxylamine groups is 1. The van der Waals surface area contributed by atoms with Crippen molar-refractivity contribution in [2.24, 2.45) is 5.92 Å². The lowest BCUT2D eigenvalue weighted by atomic mass is 9.87. The largest absolute Gasteiger partial charge is 0.296 e. The second kappa shape index (κ2) is 9.16. The third-order valence-corrected chi connectivity index (χ3v) is 5.77. The molecule has 1 aliphatic carbocycles. The second-order valence-electron chi connectivity index (χ2n) is 7.46. The van der Waals surface area contributed by atoms with Crippen molar-refractivity contribution in [3.05, 3.63) is 41.5 Å². The van der Waals surface area contributed by atoms with Crippen LogP contribution < -0.4 is 5.48 Å². The zero-order chi connectivity index (χ0) is 17.5. The Morgan fingerprint density at radius 3 is 2.60 bits per heavy atom. The highest BCUT2D eigenvalue weighted by molar-refractivity contribution is 5.90. The average molecular weight is 342 g/mol. The number of nitrogens with zero attached hydrogens (tertiary/aromatic N) is 1. The molecule has 1 aromatic carbocycles. The first-order valence-electron chi connectivity index (χ1n) is 9.72. The molecule has 1 atom stereocenters. The molecule has 4 nitrogen and oxygen atoms in total. The Balaban J connectivity index is 1.56. The van der Waals surface area contributed by atoms with Crippen LogP contribution in [0, 0.1) is 5.92 Å². The number of hydrogen-bond acceptors (Lipinski definition) is 3. The van der Waals surface area contributed by atoms with Crippen molar-refractivity contribution >= 4 is 12.0 Å². The number of nitrogens with one attached hydrogen (secondary N) is 1. The SMILES string of the molecule is O=C(C=Cc1ccc(C2CCCN2CCC2CCCCC2)cc1)NO. The first kappa shape index (κ1) is 18.2. The van der Waals surface area contributed by atoms with Crippen LogP contribution in [0.2, 0.25) is 0 Å². The number of amides is 1. The van der Waals surface area contributed by atoms with Crippen molar-refractivity contribution in [1.29, 1.82) is 0 Å². The fourth-order valence-electron chi connectivity index (χ4n) is 4.33. The minimum Gasteiger partial charge on any atom is -0.296 e. The van der Waals surface area contributed by atoms with Gasteiger partial charge in [-0.1, -0.05) is 56.4 Å². The number of hydrogen-bond donors (Lipinski definition) is 2. The first-order valence-corrected chi connectivity index (χ1v) is 9.72. The molecule has 3 rings (SSSR count). The van der Waals surface area contributed by atoms with Crippen molar-refractivity contribution in [1.82, 2.24) is 10.4 Å². The van der Waals surface area contributed by atoms with Gasteiger partial charge in [0.25, 0.3) is 5.91 Å². The maximum atomic E-state index is 11.1. The van der Waals surface area contributed by atoms with Crippen LogP contribution in [0.5, 0.6) is 0 Å². The molecule has 2 N–H and O–H groups in total. The highest BCUT2D eigenvalue weighted by Gasteiger charge is 2.26. The van der Waals surface area contributed by atoms with Crippen LogP contribution in [0.1, 0.15) is 68.5 Å². The Morgan fingerprint density at radius 1 is 1.12 bits per heavy atom. The van der Waals surface area contributed by atoms with Crippen molar-refractivity contribution in [2.75, 3.05) is 13.1 Å². The Kier molecular flexibility index (Phi) is 6.65. The molecule has 1 saturated heterocycles. The summed E-state index contributed by atoms with van der Waals surface area (Å²) in [6, 6.07) is 9.00. The van der Waals surface area contributed by atoms with Crippen LogP contribution in [-0.2, 0) is 4.79 Å². The van der Waals surface area contributed by atoms with Gasteiger partial charge in [0.15, 0.2) is 0 Å². The van der Waals surface area contributed by atoms with Crippen molar-refractivity contribution in [3.8, 4) is 0 Å². The Bertz CT molecular complexity index is 576. The third-order valence-electron chi connectivity index (χ3n) is 5.77. The molecule has 2 aliphatic rings. The van der Waals surface area contributed by atoms with E-state index in [9.17, 15) is 4.79 Å². The van der Waals surface area contributed by atoms with E-state index in [1.807, 2.05) is 12.1 Å². The Labute approximate surface area is 150 Å². The fraction of sp³-hybridized carbons (Fsp3) is 0.571. The Hall–Kier alpha value is -1.65. The summed E-state index contributed by atoms with van der Waals surface area (Å²) < 4.78 is 0. The quantitative estimate of drug-likeness (QED) is 0.460. The summed E-state index contributed by atoms with van der Waals surface area (Å²) in [6.45, 7) is 2.45. The number of likely N-dealkylation sites (tertiary alicyclic amines) is 1. The van der Waals surface area contributed by atoms with E-state index in [-0.39, 0.29) is 0 Å². The summed E-state index contributed by atoms with van der Waals surface area (Å²) >= 11 is 0. The van der Waals surface area contributed by atoms with Crippen molar-refractivity contribution < 1.29 is 10.0 Å². The van der Waals surface area contributed by atoms with Gasteiger partial charge >= 0.3 is 0 Å². The molecule has 2 fully saturated rings. The van der Waals surface area contributed by atoms with Gasteiger partial charge in [-0.3, -0.25) is 14.9 Å². The molecule has 1 aliphatic heterocycles. The first-order chi connectivity index (χ1) is 12.3. The zero-order valence-electron chi connectivity index (χ0n) is 15.0. The van der Waals surface area contributed by atoms with Crippen LogP contribution in [0.4, 0.5) is 0 Å². The summed E-state index contributed by atoms with van der Waals surface area (Å²) in [5.41, 5.74) is 3.96. The van der Waals surface area contributed by atoms with E-state index in [0.717, 1.165) is 11.5 Å². The molecule has 1 saturated carbocycles. The van der Waals surface area contributed by atoms with Gasteiger partial charge in [-0.25, -0.2) is 5.48 Å². The van der Waals surface area contributed by atoms with E-state index in [1.165, 1.54) is 76.1 Å². The van der Waals surface area contributed by atoms with E-state index in [4.69, 9.17) is 5.21 Å². The molecule has 0 bridgehead atoms. The smallest absolute Gasteiger partial charge is 0.267 e. The molecular formula is C21H30N2O2. The maximum absolute atomic E-state index is 11.1. The predicted octanol–water partition coefficient (Wildman–Crippen LogP) is 4.31. The van der Waals surface area contributed by atoms with Gasteiger partial charge in [-0.05, 0) is 55.5 Å². The van der Waals surface area contributed by atoms with Gasteiger partial charge in [-0.15, -0.1) is 0 Å². The van der Waals surface area contributed by atoms with Gasteiger partial charge in [0.05, 0.1) is 0 Å². The van der Waals surface area contributed by atoms with Gasteiger partial charge in [0.2, 0.25) is 0 Å². The average Bonchev–Trinajstić information content (AvgIpc) is 3.14. The molecule has 1 aromatic rings. The van der Waals surface area contributed by atoms with Crippen LogP contribution in [0.25, 0.3) is 6.08 Å². The van der Waals surface area contributed by atoms with Crippen LogP contribution >= 0.6 is 0 Å². The summed E-state index contributed by atoms with van der Waals surface area (Å²) in [7, 11) is 0. The highest BCUT2D eigenvalue weighted by Crippen LogP contribution is 2.34. The van der Waals surface area contributed by atoms with Crippen LogP contribution in [0.3, 0.4) is 0 Å². The molecular weight excluding hydrogens is 312 g/mol. The molecule has 136 valence electrons. The maximum Gasteiger partial charge on any atom is 0.267 e. The van der Waals surface area contributed by atoms with Crippen molar-refractivity contribution in [3.63, 3.8) is 0 Å². The fourth-order valence-corrected chi connectivity index (χ4v) is 4.33. The minimum absolute atomic E-state index is 0.506. The van der Waals surface area contributed by atoms with Crippen LogP contribution in [0.15, 0.2) is 30.3 Å². The standard InChI is InChI=1S/C21H30N2O2/c24-21(22-25)13-10-18-8-11-19(12-9-18)20-7-4-15-23(20)16-14-17-5-2-1-3-6-17/h8-13,17,20,25H,1-7,14-16H2,(H,22,24). The van der Waals surface area contributed by atoms with E-state index in [1.54, 1.807) is 11.6 Å². The summed E-state index contributed by atoms with van der Waals surface area (Å²) in [5.74, 6) is 0.439. The lowest BCUT2D eigenvalue weighted by Gasteiger charge is -2.28. The summed E-state index contributed by atoms with van der Waals surface area (Å²) in [5, 5.41) is 8.52. The molecule has 1 amide bonds. The molecule has 1 heterocycles. The van der Waals surface area contributed by atoms with Gasteiger partial charge < -0.3 is 0 Å². The normalized spacial score (nSPS) is 22.5. The molecule has 25 heavy (non-hydrogen) atoms. The highest BCUT2D eigenvalue weighted by atomic mass is 16.5. The molecule has 4 heteroatoms. The second-order valence-corrected chi connectivity index (χ2v) is 7.46. The van der Waals surface area contributed by atoms with Crippen LogP contribution in [-0.4, -0.2) is 29.1 Å². The number of carbonyl (C=O) groups is 1. The molecule has 0 radical (unpaired) electrons. The summed E-state index contributed by atoms with van der Waals surface area (Å²) in [6.07, 6.45) is 14.1. The van der Waals surface area contributed by atoms with Gasteiger partial charge in [-0.2, -0.15) is 0 Å². The Morgan fingerprint density at radius 2 is 1.88 bits per heavy atom. The van der Waals surface area contributed by atoms with E-state index < -0.39 is 5.91 Å². The number of benzene rings is 1. The molecule has 0 aromatic heterocycles.